The fourth-order valence-corrected chi connectivity index (χ4v) is 5.00. The summed E-state index contributed by atoms with van der Waals surface area (Å²) in [4.78, 5) is 50.4. The van der Waals surface area contributed by atoms with Gasteiger partial charge in [-0.3, -0.25) is 14.2 Å². The molecule has 2 aromatic heterocycles. The molecule has 0 atom stereocenters. The van der Waals surface area contributed by atoms with Gasteiger partial charge in [0.15, 0.2) is 0 Å². The van der Waals surface area contributed by atoms with E-state index in [1.807, 2.05) is 4.90 Å². The summed E-state index contributed by atoms with van der Waals surface area (Å²) in [6, 6.07) is 7.82. The smallest absolute Gasteiger partial charge is 0.325 e. The third-order valence-corrected chi connectivity index (χ3v) is 7.01. The minimum Gasteiger partial charge on any atom is -0.508 e. The van der Waals surface area contributed by atoms with Crippen LogP contribution in [-0.4, -0.2) is 61.9 Å². The van der Waals surface area contributed by atoms with Gasteiger partial charge < -0.3 is 29.8 Å². The third kappa shape index (κ3) is 6.20. The van der Waals surface area contributed by atoms with E-state index in [0.29, 0.717) is 36.4 Å². The fraction of sp³-hybridized carbons (Fsp3) is 0.391. The van der Waals surface area contributed by atoms with Crippen molar-refractivity contribution in [3.63, 3.8) is 0 Å². The molecule has 0 bridgehead atoms. The molecule has 0 saturated carbocycles. The Balaban J connectivity index is 1.50. The molecular formula is C23H28N5O7P. The van der Waals surface area contributed by atoms with Crippen molar-refractivity contribution in [2.45, 2.75) is 25.8 Å². The first-order chi connectivity index (χ1) is 17.1. The van der Waals surface area contributed by atoms with Crippen LogP contribution >= 0.6 is 7.60 Å². The molecule has 1 saturated heterocycles. The Bertz CT molecular complexity index is 1360. The SMILES string of the molecule is COc1nc(N2CCC(CCP(=O)(O)O)CC2)cc2cnn(CC(=O)Nc3cccc(O)c3)c(=O)c12. The lowest BCUT2D eigenvalue weighted by Gasteiger charge is -2.33. The second-order valence-electron chi connectivity index (χ2n) is 8.77. The molecule has 4 rings (SSSR count). The number of pyridine rings is 1. The maximum absolute atomic E-state index is 13.1. The minimum absolute atomic E-state index is 0.00535. The van der Waals surface area contributed by atoms with Crippen LogP contribution in [0.4, 0.5) is 11.5 Å². The topological polar surface area (TPSA) is 167 Å². The zero-order valence-electron chi connectivity index (χ0n) is 19.7. The molecule has 0 unspecified atom stereocenters. The summed E-state index contributed by atoms with van der Waals surface area (Å²) >= 11 is 0. The quantitative estimate of drug-likeness (QED) is 0.324. The van der Waals surface area contributed by atoms with E-state index in [2.05, 4.69) is 15.4 Å². The number of nitrogens with zero attached hydrogens (tertiary/aromatic N) is 4. The van der Waals surface area contributed by atoms with Gasteiger partial charge in [0.2, 0.25) is 11.8 Å². The molecule has 3 aromatic rings. The van der Waals surface area contributed by atoms with Gasteiger partial charge in [-0.1, -0.05) is 6.07 Å². The van der Waals surface area contributed by atoms with Crippen molar-refractivity contribution in [2.75, 3.05) is 36.6 Å². The number of ether oxygens (including phenoxy) is 1. The molecule has 192 valence electrons. The monoisotopic (exact) mass is 517 g/mol. The van der Waals surface area contributed by atoms with Gasteiger partial charge in [-0.25, -0.2) is 4.68 Å². The molecule has 13 heteroatoms. The molecule has 0 spiro atoms. The molecule has 1 aromatic carbocycles. The molecule has 12 nitrogen and oxygen atoms in total. The zero-order chi connectivity index (χ0) is 25.9. The number of aromatic nitrogens is 3. The van der Waals surface area contributed by atoms with Crippen LogP contribution < -0.4 is 20.5 Å². The van der Waals surface area contributed by atoms with E-state index in [1.165, 1.54) is 25.4 Å². The molecule has 1 amide bonds. The molecule has 1 aliphatic heterocycles. The highest BCUT2D eigenvalue weighted by atomic mass is 31.2. The fourth-order valence-electron chi connectivity index (χ4n) is 4.30. The number of nitrogens with one attached hydrogen (secondary N) is 1. The van der Waals surface area contributed by atoms with Crippen LogP contribution in [0.1, 0.15) is 19.3 Å². The summed E-state index contributed by atoms with van der Waals surface area (Å²) in [5.41, 5.74) is -0.131. The molecule has 0 radical (unpaired) electrons. The first-order valence-electron chi connectivity index (χ1n) is 11.5. The number of hydrogen-bond donors (Lipinski definition) is 4. The van der Waals surface area contributed by atoms with E-state index in [0.717, 1.165) is 17.5 Å². The Morgan fingerprint density at radius 1 is 1.25 bits per heavy atom. The number of carbonyl (C=O) groups is 1. The number of benzene rings is 1. The molecular weight excluding hydrogens is 489 g/mol. The Morgan fingerprint density at radius 2 is 2.00 bits per heavy atom. The highest BCUT2D eigenvalue weighted by molar-refractivity contribution is 7.51. The molecule has 1 fully saturated rings. The highest BCUT2D eigenvalue weighted by Crippen LogP contribution is 2.38. The lowest BCUT2D eigenvalue weighted by atomic mass is 9.94. The zero-order valence-corrected chi connectivity index (χ0v) is 20.6. The maximum Gasteiger partial charge on any atom is 0.325 e. The van der Waals surface area contributed by atoms with Gasteiger partial charge in [0, 0.05) is 30.2 Å². The lowest BCUT2D eigenvalue weighted by Crippen LogP contribution is -2.35. The number of phenolic OH excluding ortho intramolecular Hbond substituents is 1. The van der Waals surface area contributed by atoms with Crippen LogP contribution in [0.25, 0.3) is 10.8 Å². The summed E-state index contributed by atoms with van der Waals surface area (Å²) in [6.07, 6.45) is 3.41. The van der Waals surface area contributed by atoms with E-state index < -0.39 is 19.1 Å². The number of anilines is 2. The Hall–Kier alpha value is -3.47. The van der Waals surface area contributed by atoms with Gasteiger partial charge in [0.05, 0.1) is 19.5 Å². The number of hydrogen-bond acceptors (Lipinski definition) is 8. The summed E-state index contributed by atoms with van der Waals surface area (Å²) in [5.74, 6) is 0.496. The molecule has 0 aliphatic carbocycles. The highest BCUT2D eigenvalue weighted by Gasteiger charge is 2.24. The summed E-state index contributed by atoms with van der Waals surface area (Å²) in [6.45, 7) is 0.984. The van der Waals surface area contributed by atoms with Crippen molar-refractivity contribution in [3.05, 3.63) is 46.9 Å². The number of rotatable bonds is 8. The molecule has 4 N–H and O–H groups in total. The van der Waals surface area contributed by atoms with Gasteiger partial charge in [-0.2, -0.15) is 10.1 Å². The van der Waals surface area contributed by atoms with Crippen molar-refractivity contribution in [3.8, 4) is 11.6 Å². The van der Waals surface area contributed by atoms with Crippen molar-refractivity contribution in [1.29, 1.82) is 0 Å². The van der Waals surface area contributed by atoms with Crippen LogP contribution in [0.2, 0.25) is 0 Å². The number of aromatic hydroxyl groups is 1. The Kier molecular flexibility index (Phi) is 7.58. The minimum atomic E-state index is -4.00. The number of carbonyl (C=O) groups excluding carboxylic acids is 1. The van der Waals surface area contributed by atoms with Gasteiger partial charge >= 0.3 is 7.60 Å². The van der Waals surface area contributed by atoms with Crippen molar-refractivity contribution < 1.29 is 29.0 Å². The second kappa shape index (κ2) is 10.7. The van der Waals surface area contributed by atoms with Crippen LogP contribution in [0.15, 0.2) is 41.3 Å². The van der Waals surface area contributed by atoms with Crippen molar-refractivity contribution >= 4 is 35.8 Å². The van der Waals surface area contributed by atoms with Gasteiger partial charge in [-0.05, 0) is 43.4 Å². The van der Waals surface area contributed by atoms with Gasteiger partial charge in [0.25, 0.3) is 5.56 Å². The Morgan fingerprint density at radius 3 is 2.67 bits per heavy atom. The van der Waals surface area contributed by atoms with E-state index in [1.54, 1.807) is 18.2 Å². The largest absolute Gasteiger partial charge is 0.508 e. The van der Waals surface area contributed by atoms with Crippen LogP contribution in [-0.2, 0) is 15.9 Å². The standard InChI is InChI=1S/C23H28N5O7P/c1-35-22-21-16(11-19(26-22)27-8-5-15(6-9-27)7-10-36(32,33)34)13-24-28(23(21)31)14-20(30)25-17-3-2-4-18(29)12-17/h2-4,11-13,15,29H,5-10,14H2,1H3,(H,25,30)(H2,32,33,34). The Labute approximate surface area is 206 Å². The second-order valence-corrected chi connectivity index (χ2v) is 10.5. The third-order valence-electron chi connectivity index (χ3n) is 6.17. The lowest BCUT2D eigenvalue weighted by molar-refractivity contribution is -0.117. The van der Waals surface area contributed by atoms with Crippen LogP contribution in [0, 0.1) is 5.92 Å². The molecule has 3 heterocycles. The molecule has 1 aliphatic rings. The van der Waals surface area contributed by atoms with E-state index in [4.69, 9.17) is 14.5 Å². The predicted octanol–water partition coefficient (Wildman–Crippen LogP) is 1.93. The number of methoxy groups -OCH3 is 1. The average molecular weight is 517 g/mol. The van der Waals surface area contributed by atoms with Crippen LogP contribution in [0.5, 0.6) is 11.6 Å². The average Bonchev–Trinajstić information content (AvgIpc) is 2.83. The van der Waals surface area contributed by atoms with E-state index >= 15 is 0 Å². The van der Waals surface area contributed by atoms with Crippen LogP contribution in [0.3, 0.4) is 0 Å². The van der Waals surface area contributed by atoms with Gasteiger partial charge in [0.1, 0.15) is 23.5 Å². The van der Waals surface area contributed by atoms with E-state index in [-0.39, 0.29) is 35.6 Å². The van der Waals surface area contributed by atoms with Crippen molar-refractivity contribution in [1.82, 2.24) is 14.8 Å². The van der Waals surface area contributed by atoms with Gasteiger partial charge in [-0.15, -0.1) is 0 Å². The molecule has 36 heavy (non-hydrogen) atoms. The summed E-state index contributed by atoms with van der Waals surface area (Å²) in [5, 5.41) is 17.0. The number of fused-ring (bicyclic) bond motifs is 1. The summed E-state index contributed by atoms with van der Waals surface area (Å²) < 4.78 is 17.6. The maximum atomic E-state index is 13.1. The predicted molar refractivity (Wildman–Crippen MR) is 134 cm³/mol. The number of amides is 1. The normalized spacial score (nSPS) is 14.7. The first kappa shape index (κ1) is 25.6. The van der Waals surface area contributed by atoms with Crippen molar-refractivity contribution in [2.24, 2.45) is 5.92 Å². The summed E-state index contributed by atoms with van der Waals surface area (Å²) in [7, 11) is -2.58. The number of piperidine rings is 1. The number of phenols is 1. The van der Waals surface area contributed by atoms with E-state index in [9.17, 15) is 19.3 Å². The first-order valence-corrected chi connectivity index (χ1v) is 13.3.